The Morgan fingerprint density at radius 2 is 1.12 bits per heavy atom. The number of ether oxygens (including phenoxy) is 2. The van der Waals surface area contributed by atoms with Gasteiger partial charge in [0, 0.05) is 10.5 Å². The SMILES string of the molecule is C=CC(COCc1ccccc1)SC(C=C)COCc1ccccc1. The lowest BCUT2D eigenvalue weighted by atomic mass is 10.2. The summed E-state index contributed by atoms with van der Waals surface area (Å²) in [6, 6.07) is 20.4. The van der Waals surface area contributed by atoms with E-state index in [0.29, 0.717) is 26.4 Å². The average Bonchev–Trinajstić information content (AvgIpc) is 2.67. The zero-order chi connectivity index (χ0) is 17.7. The van der Waals surface area contributed by atoms with Gasteiger partial charge in [-0.25, -0.2) is 0 Å². The first kappa shape index (κ1) is 19.5. The lowest BCUT2D eigenvalue weighted by Crippen LogP contribution is -2.17. The topological polar surface area (TPSA) is 18.5 Å². The van der Waals surface area contributed by atoms with Gasteiger partial charge in [0.15, 0.2) is 0 Å². The summed E-state index contributed by atoms with van der Waals surface area (Å²) >= 11 is 1.77. The molecule has 0 saturated heterocycles. The summed E-state index contributed by atoms with van der Waals surface area (Å²) < 4.78 is 11.6. The summed E-state index contributed by atoms with van der Waals surface area (Å²) in [5.74, 6) is 0. The molecular formula is C22H26O2S. The van der Waals surface area contributed by atoms with Crippen LogP contribution in [0.2, 0.25) is 0 Å². The van der Waals surface area contributed by atoms with Crippen molar-refractivity contribution < 1.29 is 9.47 Å². The predicted octanol–water partition coefficient (Wildman–Crippen LogP) is 5.26. The summed E-state index contributed by atoms with van der Waals surface area (Å²) in [6.45, 7) is 10.4. The van der Waals surface area contributed by atoms with Gasteiger partial charge in [-0.15, -0.1) is 24.9 Å². The van der Waals surface area contributed by atoms with Crippen LogP contribution in [-0.2, 0) is 22.7 Å². The number of rotatable bonds is 12. The molecule has 0 saturated carbocycles. The lowest BCUT2D eigenvalue weighted by Gasteiger charge is -2.19. The molecule has 2 rings (SSSR count). The summed E-state index contributed by atoms with van der Waals surface area (Å²) in [4.78, 5) is 0. The molecule has 2 unspecified atom stereocenters. The quantitative estimate of drug-likeness (QED) is 0.484. The molecule has 0 amide bonds. The first-order valence-electron chi connectivity index (χ1n) is 8.45. The Hall–Kier alpha value is -1.81. The van der Waals surface area contributed by atoms with Crippen LogP contribution in [-0.4, -0.2) is 23.7 Å². The molecule has 0 aromatic heterocycles. The fourth-order valence-electron chi connectivity index (χ4n) is 2.28. The van der Waals surface area contributed by atoms with Crippen molar-refractivity contribution in [3.05, 3.63) is 97.1 Å². The van der Waals surface area contributed by atoms with Crippen LogP contribution in [0.4, 0.5) is 0 Å². The Kier molecular flexibility index (Phi) is 9.13. The second-order valence-electron chi connectivity index (χ2n) is 5.69. The predicted molar refractivity (Wildman–Crippen MR) is 108 cm³/mol. The molecule has 0 radical (unpaired) electrons. The molecule has 0 N–H and O–H groups in total. The van der Waals surface area contributed by atoms with Crippen molar-refractivity contribution in [2.24, 2.45) is 0 Å². The van der Waals surface area contributed by atoms with Gasteiger partial charge in [0.05, 0.1) is 26.4 Å². The van der Waals surface area contributed by atoms with E-state index < -0.39 is 0 Å². The molecule has 2 nitrogen and oxygen atoms in total. The fraction of sp³-hybridized carbons (Fsp3) is 0.273. The molecule has 0 fully saturated rings. The van der Waals surface area contributed by atoms with Crippen LogP contribution in [0.25, 0.3) is 0 Å². The molecule has 0 aliphatic heterocycles. The maximum Gasteiger partial charge on any atom is 0.0717 e. The Labute approximate surface area is 155 Å². The molecule has 25 heavy (non-hydrogen) atoms. The van der Waals surface area contributed by atoms with Gasteiger partial charge in [0.1, 0.15) is 0 Å². The molecule has 0 heterocycles. The summed E-state index contributed by atoms with van der Waals surface area (Å²) in [7, 11) is 0. The van der Waals surface area contributed by atoms with Crippen LogP contribution in [0.5, 0.6) is 0 Å². The molecule has 3 heteroatoms. The van der Waals surface area contributed by atoms with Crippen molar-refractivity contribution in [3.8, 4) is 0 Å². The van der Waals surface area contributed by atoms with Crippen molar-refractivity contribution in [1.29, 1.82) is 0 Å². The largest absolute Gasteiger partial charge is 0.375 e. The number of hydrogen-bond donors (Lipinski definition) is 0. The standard InChI is InChI=1S/C22H26O2S/c1-3-21(17-23-15-19-11-7-5-8-12-19)25-22(4-2)18-24-16-20-13-9-6-10-14-20/h3-14,21-22H,1-2,15-18H2. The maximum absolute atomic E-state index is 5.82. The second-order valence-corrected chi connectivity index (χ2v) is 7.17. The van der Waals surface area contributed by atoms with E-state index in [4.69, 9.17) is 9.47 Å². The fourth-order valence-corrected chi connectivity index (χ4v) is 3.31. The van der Waals surface area contributed by atoms with E-state index in [0.717, 1.165) is 0 Å². The normalized spacial score (nSPS) is 13.1. The van der Waals surface area contributed by atoms with E-state index >= 15 is 0 Å². The van der Waals surface area contributed by atoms with Gasteiger partial charge in [-0.1, -0.05) is 72.8 Å². The highest BCUT2D eigenvalue weighted by Gasteiger charge is 2.13. The van der Waals surface area contributed by atoms with Crippen molar-refractivity contribution >= 4 is 11.8 Å². The zero-order valence-corrected chi connectivity index (χ0v) is 15.4. The third kappa shape index (κ3) is 7.74. The number of hydrogen-bond acceptors (Lipinski definition) is 3. The van der Waals surface area contributed by atoms with Crippen molar-refractivity contribution in [2.45, 2.75) is 23.7 Å². The number of benzene rings is 2. The van der Waals surface area contributed by atoms with Crippen LogP contribution >= 0.6 is 11.8 Å². The summed E-state index contributed by atoms with van der Waals surface area (Å²) in [5, 5.41) is 0.430. The number of thioether (sulfide) groups is 1. The van der Waals surface area contributed by atoms with Crippen LogP contribution in [0, 0.1) is 0 Å². The Morgan fingerprint density at radius 3 is 1.48 bits per heavy atom. The summed E-state index contributed by atoms with van der Waals surface area (Å²) in [6.07, 6.45) is 3.87. The third-order valence-electron chi connectivity index (χ3n) is 3.66. The van der Waals surface area contributed by atoms with E-state index in [9.17, 15) is 0 Å². The van der Waals surface area contributed by atoms with Gasteiger partial charge < -0.3 is 9.47 Å². The van der Waals surface area contributed by atoms with Gasteiger partial charge >= 0.3 is 0 Å². The van der Waals surface area contributed by atoms with Crippen molar-refractivity contribution in [1.82, 2.24) is 0 Å². The van der Waals surface area contributed by atoms with Crippen LogP contribution < -0.4 is 0 Å². The van der Waals surface area contributed by atoms with Crippen LogP contribution in [0.3, 0.4) is 0 Å². The molecule has 132 valence electrons. The highest BCUT2D eigenvalue weighted by Crippen LogP contribution is 2.21. The van der Waals surface area contributed by atoms with Gasteiger partial charge in [-0.05, 0) is 11.1 Å². The van der Waals surface area contributed by atoms with E-state index in [-0.39, 0.29) is 10.5 Å². The van der Waals surface area contributed by atoms with Crippen LogP contribution in [0.1, 0.15) is 11.1 Å². The van der Waals surface area contributed by atoms with Crippen LogP contribution in [0.15, 0.2) is 86.0 Å². The molecule has 0 aliphatic rings. The van der Waals surface area contributed by atoms with E-state index in [1.54, 1.807) is 11.8 Å². The molecule has 0 spiro atoms. The van der Waals surface area contributed by atoms with E-state index in [2.05, 4.69) is 37.4 Å². The Balaban J connectivity index is 1.70. The molecule has 2 aromatic rings. The first-order chi connectivity index (χ1) is 12.3. The average molecular weight is 355 g/mol. The molecular weight excluding hydrogens is 328 g/mol. The van der Waals surface area contributed by atoms with Crippen molar-refractivity contribution in [3.63, 3.8) is 0 Å². The van der Waals surface area contributed by atoms with Gasteiger partial charge in [-0.3, -0.25) is 0 Å². The van der Waals surface area contributed by atoms with Crippen molar-refractivity contribution in [2.75, 3.05) is 13.2 Å². The highest BCUT2D eigenvalue weighted by atomic mass is 32.2. The molecule has 0 bridgehead atoms. The minimum atomic E-state index is 0.215. The van der Waals surface area contributed by atoms with E-state index in [1.807, 2.05) is 48.6 Å². The first-order valence-corrected chi connectivity index (χ1v) is 9.40. The maximum atomic E-state index is 5.82. The lowest BCUT2D eigenvalue weighted by molar-refractivity contribution is 0.124. The Morgan fingerprint density at radius 1 is 0.720 bits per heavy atom. The van der Waals surface area contributed by atoms with Gasteiger partial charge in [0.25, 0.3) is 0 Å². The minimum absolute atomic E-state index is 0.215. The monoisotopic (exact) mass is 354 g/mol. The highest BCUT2D eigenvalue weighted by molar-refractivity contribution is 8.00. The molecule has 0 aliphatic carbocycles. The molecule has 2 atom stereocenters. The molecule has 2 aromatic carbocycles. The Bertz CT molecular complexity index is 557. The minimum Gasteiger partial charge on any atom is -0.375 e. The third-order valence-corrected chi connectivity index (χ3v) is 5.02. The van der Waals surface area contributed by atoms with Gasteiger partial charge in [0.2, 0.25) is 0 Å². The zero-order valence-electron chi connectivity index (χ0n) is 14.6. The van der Waals surface area contributed by atoms with Gasteiger partial charge in [-0.2, -0.15) is 0 Å². The smallest absolute Gasteiger partial charge is 0.0717 e. The van der Waals surface area contributed by atoms with E-state index in [1.165, 1.54) is 11.1 Å². The summed E-state index contributed by atoms with van der Waals surface area (Å²) in [5.41, 5.74) is 2.36. The second kappa shape index (κ2) is 11.7.